The Balaban J connectivity index is 3.14. The van der Waals surface area contributed by atoms with Crippen molar-refractivity contribution < 1.29 is 9.18 Å². The number of benzene rings is 1. The summed E-state index contributed by atoms with van der Waals surface area (Å²) in [4.78, 5) is 14.7. The van der Waals surface area contributed by atoms with Gasteiger partial charge in [0.05, 0.1) is 10.4 Å². The monoisotopic (exact) mass is 310 g/mol. The number of rotatable bonds is 7. The first-order chi connectivity index (χ1) is 9.89. The summed E-state index contributed by atoms with van der Waals surface area (Å²) in [5.41, 5.74) is 5.72. The Bertz CT molecular complexity index is 496. The van der Waals surface area contributed by atoms with Crippen molar-refractivity contribution in [3.63, 3.8) is 0 Å². The maximum Gasteiger partial charge on any atom is 0.239 e. The van der Waals surface area contributed by atoms with E-state index in [4.69, 9.17) is 18.0 Å². The minimum Gasteiger partial charge on any atom is -0.392 e. The number of anilines is 1. The van der Waals surface area contributed by atoms with Crippen LogP contribution < -0.4 is 10.6 Å². The lowest BCUT2D eigenvalue weighted by Crippen LogP contribution is -2.49. The Morgan fingerprint density at radius 3 is 2.10 bits per heavy atom. The number of hydrogen-bond acceptors (Lipinski definition) is 2. The minimum atomic E-state index is -0.817. The zero-order chi connectivity index (χ0) is 16.0. The highest BCUT2D eigenvalue weighted by Crippen LogP contribution is 2.34. The van der Waals surface area contributed by atoms with Crippen LogP contribution in [0.5, 0.6) is 0 Å². The number of nitrogens with two attached hydrogens (primary N) is 1. The Kier molecular flexibility index (Phi) is 6.27. The van der Waals surface area contributed by atoms with Crippen LogP contribution in [0.3, 0.4) is 0 Å². The maximum absolute atomic E-state index is 13.0. The van der Waals surface area contributed by atoms with E-state index in [1.807, 2.05) is 13.8 Å². The minimum absolute atomic E-state index is 0.120. The molecular weight excluding hydrogens is 287 g/mol. The van der Waals surface area contributed by atoms with Gasteiger partial charge in [0.15, 0.2) is 0 Å². The average Bonchev–Trinajstić information content (AvgIpc) is 2.46. The van der Waals surface area contributed by atoms with E-state index in [9.17, 15) is 9.18 Å². The van der Waals surface area contributed by atoms with E-state index in [2.05, 4.69) is 0 Å². The van der Waals surface area contributed by atoms with E-state index >= 15 is 0 Å². The highest BCUT2D eigenvalue weighted by atomic mass is 32.1. The molecule has 1 aromatic rings. The lowest BCUT2D eigenvalue weighted by molar-refractivity contribution is -0.125. The van der Waals surface area contributed by atoms with Crippen molar-refractivity contribution in [2.45, 2.75) is 39.5 Å². The third kappa shape index (κ3) is 3.79. The van der Waals surface area contributed by atoms with Crippen LogP contribution in [0.4, 0.5) is 10.1 Å². The Hall–Kier alpha value is -1.49. The van der Waals surface area contributed by atoms with Crippen LogP contribution in [-0.2, 0) is 4.79 Å². The van der Waals surface area contributed by atoms with Crippen molar-refractivity contribution >= 4 is 28.8 Å². The summed E-state index contributed by atoms with van der Waals surface area (Å²) in [5, 5.41) is 0. The van der Waals surface area contributed by atoms with Gasteiger partial charge in [-0.2, -0.15) is 0 Å². The molecule has 2 N–H and O–H groups in total. The maximum atomic E-state index is 13.0. The molecule has 0 heterocycles. The fraction of sp³-hybridized carbons (Fsp3) is 0.500. The summed E-state index contributed by atoms with van der Waals surface area (Å²) in [7, 11) is 1.67. The standard InChI is InChI=1S/C16H23FN2OS/c1-4-10-16(11-5-2,14(18)21)15(20)19(3)13-8-6-12(17)7-9-13/h6-9H,4-5,10-11H2,1-3H3,(H2,18,21). The molecule has 1 aromatic carbocycles. The van der Waals surface area contributed by atoms with Crippen LogP contribution >= 0.6 is 12.2 Å². The Morgan fingerprint density at radius 2 is 1.71 bits per heavy atom. The molecule has 0 bridgehead atoms. The third-order valence-corrected chi connectivity index (χ3v) is 4.14. The van der Waals surface area contributed by atoms with Gasteiger partial charge >= 0.3 is 0 Å². The molecule has 0 unspecified atom stereocenters. The molecule has 116 valence electrons. The van der Waals surface area contributed by atoms with E-state index in [1.54, 1.807) is 19.2 Å². The van der Waals surface area contributed by atoms with Crippen molar-refractivity contribution in [2.75, 3.05) is 11.9 Å². The van der Waals surface area contributed by atoms with Crippen LogP contribution in [0.1, 0.15) is 39.5 Å². The molecule has 0 spiro atoms. The molecule has 0 aliphatic rings. The lowest BCUT2D eigenvalue weighted by Gasteiger charge is -2.35. The van der Waals surface area contributed by atoms with E-state index < -0.39 is 5.41 Å². The Labute approximate surface area is 131 Å². The number of nitrogens with zero attached hydrogens (tertiary/aromatic N) is 1. The fourth-order valence-electron chi connectivity index (χ4n) is 2.65. The highest BCUT2D eigenvalue weighted by molar-refractivity contribution is 7.80. The smallest absolute Gasteiger partial charge is 0.239 e. The first kappa shape index (κ1) is 17.6. The summed E-state index contributed by atoms with van der Waals surface area (Å²) in [6.45, 7) is 4.02. The second-order valence-electron chi connectivity index (χ2n) is 5.29. The summed E-state index contributed by atoms with van der Waals surface area (Å²) in [6, 6.07) is 5.83. The van der Waals surface area contributed by atoms with Gasteiger partial charge in [-0.05, 0) is 37.1 Å². The predicted molar refractivity (Wildman–Crippen MR) is 88.8 cm³/mol. The van der Waals surface area contributed by atoms with Gasteiger partial charge in [0.25, 0.3) is 0 Å². The van der Waals surface area contributed by atoms with Crippen molar-refractivity contribution in [3.8, 4) is 0 Å². The van der Waals surface area contributed by atoms with Crippen LogP contribution in [0.15, 0.2) is 24.3 Å². The SMILES string of the molecule is CCCC(CCC)(C(=O)N(C)c1ccc(F)cc1)C(N)=S. The molecule has 3 nitrogen and oxygen atoms in total. The van der Waals surface area contributed by atoms with E-state index in [1.165, 1.54) is 17.0 Å². The van der Waals surface area contributed by atoms with Crippen LogP contribution in [-0.4, -0.2) is 17.9 Å². The number of amides is 1. The number of carbonyl (C=O) groups is 1. The second kappa shape index (κ2) is 7.50. The first-order valence-corrected chi connectivity index (χ1v) is 7.63. The van der Waals surface area contributed by atoms with E-state index in [-0.39, 0.29) is 16.7 Å². The highest BCUT2D eigenvalue weighted by Gasteiger charge is 2.41. The molecule has 1 amide bonds. The fourth-order valence-corrected chi connectivity index (χ4v) is 2.94. The molecule has 0 saturated heterocycles. The number of hydrogen-bond donors (Lipinski definition) is 1. The zero-order valence-corrected chi connectivity index (χ0v) is 13.7. The molecule has 0 atom stereocenters. The first-order valence-electron chi connectivity index (χ1n) is 7.22. The predicted octanol–water partition coefficient (Wildman–Crippen LogP) is 3.66. The van der Waals surface area contributed by atoms with Gasteiger partial charge < -0.3 is 10.6 Å². The molecule has 5 heteroatoms. The van der Waals surface area contributed by atoms with Gasteiger partial charge in [0, 0.05) is 12.7 Å². The van der Waals surface area contributed by atoms with Crippen molar-refractivity contribution in [3.05, 3.63) is 30.1 Å². The van der Waals surface area contributed by atoms with E-state index in [0.29, 0.717) is 18.5 Å². The van der Waals surface area contributed by atoms with Crippen molar-refractivity contribution in [1.29, 1.82) is 0 Å². The van der Waals surface area contributed by atoms with Crippen LogP contribution in [0.25, 0.3) is 0 Å². The largest absolute Gasteiger partial charge is 0.392 e. The zero-order valence-electron chi connectivity index (χ0n) is 12.9. The third-order valence-electron chi connectivity index (χ3n) is 3.75. The molecule has 0 aliphatic heterocycles. The molecule has 0 radical (unpaired) electrons. The number of thiocarbonyl (C=S) groups is 1. The molecule has 0 aliphatic carbocycles. The van der Waals surface area contributed by atoms with Gasteiger partial charge in [0.2, 0.25) is 5.91 Å². The number of carbonyl (C=O) groups excluding carboxylic acids is 1. The normalized spacial score (nSPS) is 11.2. The molecule has 21 heavy (non-hydrogen) atoms. The molecule has 1 rings (SSSR count). The van der Waals surface area contributed by atoms with Crippen molar-refractivity contribution in [1.82, 2.24) is 0 Å². The van der Waals surface area contributed by atoms with Gasteiger partial charge in [-0.25, -0.2) is 4.39 Å². The number of halogens is 1. The Morgan fingerprint density at radius 1 is 1.24 bits per heavy atom. The molecule has 0 aromatic heterocycles. The van der Waals surface area contributed by atoms with E-state index in [0.717, 1.165) is 12.8 Å². The summed E-state index contributed by atoms with van der Waals surface area (Å²) < 4.78 is 13.0. The van der Waals surface area contributed by atoms with Gasteiger partial charge in [0.1, 0.15) is 5.82 Å². The van der Waals surface area contributed by atoms with Crippen LogP contribution in [0, 0.1) is 11.2 Å². The van der Waals surface area contributed by atoms with Crippen molar-refractivity contribution in [2.24, 2.45) is 11.1 Å². The average molecular weight is 310 g/mol. The van der Waals surface area contributed by atoms with Gasteiger partial charge in [-0.1, -0.05) is 38.9 Å². The summed E-state index contributed by atoms with van der Waals surface area (Å²) >= 11 is 5.20. The molecular formula is C16H23FN2OS. The molecule has 0 saturated carbocycles. The van der Waals surface area contributed by atoms with Gasteiger partial charge in [-0.15, -0.1) is 0 Å². The topological polar surface area (TPSA) is 46.3 Å². The molecule has 0 fully saturated rings. The van der Waals surface area contributed by atoms with Gasteiger partial charge in [-0.3, -0.25) is 4.79 Å². The van der Waals surface area contributed by atoms with Crippen LogP contribution in [0.2, 0.25) is 0 Å². The quantitative estimate of drug-likeness (QED) is 0.782. The second-order valence-corrected chi connectivity index (χ2v) is 5.73. The summed E-state index contributed by atoms with van der Waals surface area (Å²) in [5.74, 6) is -0.451. The lowest BCUT2D eigenvalue weighted by atomic mass is 9.77. The summed E-state index contributed by atoms with van der Waals surface area (Å²) in [6.07, 6.45) is 2.89.